The SMILES string of the molecule is O=C(c1ccc(O)cc1)c1ccc(OC2(C(=O)O)CCCC2)c(Cl)c1Cl. The Morgan fingerprint density at radius 1 is 0.962 bits per heavy atom. The van der Waals surface area contributed by atoms with Gasteiger partial charge in [0, 0.05) is 11.1 Å². The number of hydrogen-bond donors (Lipinski definition) is 2. The molecular weight excluding hydrogens is 379 g/mol. The maximum atomic E-state index is 12.6. The van der Waals surface area contributed by atoms with Crippen molar-refractivity contribution in [1.82, 2.24) is 0 Å². The van der Waals surface area contributed by atoms with E-state index in [2.05, 4.69) is 0 Å². The molecule has 1 aliphatic carbocycles. The standard InChI is InChI=1S/C19H16Cl2O5/c20-15-13(17(23)11-3-5-12(22)6-4-11)7-8-14(16(15)21)26-19(18(24)25)9-1-2-10-19/h3-8,22H,1-2,9-10H2,(H,24,25). The summed E-state index contributed by atoms with van der Waals surface area (Å²) in [6.07, 6.45) is 2.30. The van der Waals surface area contributed by atoms with Crippen molar-refractivity contribution >= 4 is 35.0 Å². The number of hydrogen-bond acceptors (Lipinski definition) is 4. The van der Waals surface area contributed by atoms with Crippen molar-refractivity contribution in [2.75, 3.05) is 0 Å². The van der Waals surface area contributed by atoms with E-state index in [1.165, 1.54) is 36.4 Å². The van der Waals surface area contributed by atoms with Gasteiger partial charge in [-0.3, -0.25) is 4.79 Å². The molecule has 0 spiro atoms. The van der Waals surface area contributed by atoms with E-state index in [0.29, 0.717) is 18.4 Å². The summed E-state index contributed by atoms with van der Waals surface area (Å²) in [4.78, 5) is 24.2. The van der Waals surface area contributed by atoms with Crippen molar-refractivity contribution in [2.45, 2.75) is 31.3 Å². The van der Waals surface area contributed by atoms with Crippen LogP contribution in [0.25, 0.3) is 0 Å². The Balaban J connectivity index is 1.92. The number of halogens is 2. The summed E-state index contributed by atoms with van der Waals surface area (Å²) in [5, 5.41) is 18.9. The topological polar surface area (TPSA) is 83.8 Å². The number of carbonyl (C=O) groups is 2. The number of aromatic hydroxyl groups is 1. The van der Waals surface area contributed by atoms with E-state index in [1.54, 1.807) is 0 Å². The highest BCUT2D eigenvalue weighted by Gasteiger charge is 2.44. The maximum Gasteiger partial charge on any atom is 0.348 e. The van der Waals surface area contributed by atoms with Crippen LogP contribution in [-0.4, -0.2) is 27.6 Å². The monoisotopic (exact) mass is 394 g/mol. The molecule has 0 saturated heterocycles. The van der Waals surface area contributed by atoms with Gasteiger partial charge in [0.25, 0.3) is 0 Å². The second-order valence-electron chi connectivity index (χ2n) is 6.22. The van der Waals surface area contributed by atoms with Crippen molar-refractivity contribution in [1.29, 1.82) is 0 Å². The molecule has 0 unspecified atom stereocenters. The lowest BCUT2D eigenvalue weighted by atomic mass is 10.0. The lowest BCUT2D eigenvalue weighted by Crippen LogP contribution is -2.41. The lowest BCUT2D eigenvalue weighted by molar-refractivity contribution is -0.154. The van der Waals surface area contributed by atoms with Crippen LogP contribution in [0.4, 0.5) is 0 Å². The fourth-order valence-corrected chi connectivity index (χ4v) is 3.52. The molecule has 2 N–H and O–H groups in total. The van der Waals surface area contributed by atoms with Gasteiger partial charge < -0.3 is 14.9 Å². The number of aliphatic carboxylic acids is 1. The first-order valence-corrected chi connectivity index (χ1v) is 8.84. The van der Waals surface area contributed by atoms with Gasteiger partial charge in [-0.2, -0.15) is 0 Å². The number of phenols is 1. The number of ether oxygens (including phenoxy) is 1. The van der Waals surface area contributed by atoms with Crippen LogP contribution in [0, 0.1) is 0 Å². The zero-order chi connectivity index (χ0) is 18.9. The fourth-order valence-electron chi connectivity index (χ4n) is 3.07. The third-order valence-corrected chi connectivity index (χ3v) is 5.39. The molecule has 1 aliphatic rings. The predicted molar refractivity (Wildman–Crippen MR) is 97.5 cm³/mol. The molecule has 0 heterocycles. The fraction of sp³-hybridized carbons (Fsp3) is 0.263. The molecule has 26 heavy (non-hydrogen) atoms. The first-order chi connectivity index (χ1) is 12.3. The Bertz CT molecular complexity index is 855. The van der Waals surface area contributed by atoms with E-state index in [0.717, 1.165) is 12.8 Å². The number of phenolic OH excluding ortho intramolecular Hbond substituents is 1. The van der Waals surface area contributed by atoms with Crippen LogP contribution < -0.4 is 4.74 Å². The van der Waals surface area contributed by atoms with E-state index < -0.39 is 11.6 Å². The molecule has 0 aromatic heterocycles. The van der Waals surface area contributed by atoms with Crippen LogP contribution in [0.2, 0.25) is 10.0 Å². The molecule has 0 aliphatic heterocycles. The van der Waals surface area contributed by atoms with Gasteiger partial charge in [-0.15, -0.1) is 0 Å². The second kappa shape index (κ2) is 7.17. The first-order valence-electron chi connectivity index (χ1n) is 8.08. The van der Waals surface area contributed by atoms with Gasteiger partial charge >= 0.3 is 5.97 Å². The predicted octanol–water partition coefficient (Wildman–Crippen LogP) is 4.71. The van der Waals surface area contributed by atoms with E-state index in [4.69, 9.17) is 27.9 Å². The Labute approximate surface area is 160 Å². The summed E-state index contributed by atoms with van der Waals surface area (Å²) >= 11 is 12.5. The van der Waals surface area contributed by atoms with Crippen molar-refractivity contribution in [3.63, 3.8) is 0 Å². The number of carboxylic acid groups (broad SMARTS) is 1. The molecule has 136 valence electrons. The molecule has 0 radical (unpaired) electrons. The van der Waals surface area contributed by atoms with Gasteiger partial charge in [0.1, 0.15) is 16.5 Å². The van der Waals surface area contributed by atoms with Gasteiger partial charge in [-0.05, 0) is 62.1 Å². The highest BCUT2D eigenvalue weighted by atomic mass is 35.5. The molecule has 0 amide bonds. The number of carbonyl (C=O) groups excluding carboxylic acids is 1. The second-order valence-corrected chi connectivity index (χ2v) is 6.98. The number of ketones is 1. The van der Waals surface area contributed by atoms with Crippen LogP contribution in [0.5, 0.6) is 11.5 Å². The van der Waals surface area contributed by atoms with Crippen molar-refractivity contribution in [3.05, 3.63) is 57.6 Å². The third-order valence-electron chi connectivity index (χ3n) is 4.53. The van der Waals surface area contributed by atoms with Crippen LogP contribution in [0.1, 0.15) is 41.6 Å². The van der Waals surface area contributed by atoms with Crippen molar-refractivity contribution in [3.8, 4) is 11.5 Å². The van der Waals surface area contributed by atoms with E-state index in [1.807, 2.05) is 0 Å². The number of rotatable bonds is 5. The zero-order valence-corrected chi connectivity index (χ0v) is 15.2. The zero-order valence-electron chi connectivity index (χ0n) is 13.7. The largest absolute Gasteiger partial charge is 0.508 e. The summed E-state index contributed by atoms with van der Waals surface area (Å²) in [5.74, 6) is -1.21. The number of benzene rings is 2. The van der Waals surface area contributed by atoms with E-state index in [9.17, 15) is 19.8 Å². The Morgan fingerprint density at radius 2 is 1.58 bits per heavy atom. The smallest absolute Gasteiger partial charge is 0.348 e. The van der Waals surface area contributed by atoms with Crippen LogP contribution in [0.15, 0.2) is 36.4 Å². The van der Waals surface area contributed by atoms with Crippen molar-refractivity contribution in [2.24, 2.45) is 0 Å². The Hall–Kier alpha value is -2.24. The molecule has 7 heteroatoms. The maximum absolute atomic E-state index is 12.6. The summed E-state index contributed by atoms with van der Waals surface area (Å²) in [7, 11) is 0. The molecule has 2 aromatic rings. The molecule has 1 saturated carbocycles. The first kappa shape index (κ1) is 18.5. The molecule has 0 atom stereocenters. The van der Waals surface area contributed by atoms with E-state index in [-0.39, 0.29) is 32.9 Å². The van der Waals surface area contributed by atoms with Gasteiger partial charge in [-0.1, -0.05) is 23.2 Å². The molecule has 1 fully saturated rings. The summed E-state index contributed by atoms with van der Waals surface area (Å²) in [6, 6.07) is 8.68. The van der Waals surface area contributed by atoms with Gasteiger partial charge in [-0.25, -0.2) is 4.79 Å². The molecule has 0 bridgehead atoms. The van der Waals surface area contributed by atoms with E-state index >= 15 is 0 Å². The summed E-state index contributed by atoms with van der Waals surface area (Å²) in [5.41, 5.74) is -0.798. The third kappa shape index (κ3) is 3.37. The minimum Gasteiger partial charge on any atom is -0.508 e. The quantitative estimate of drug-likeness (QED) is 0.717. The molecule has 5 nitrogen and oxygen atoms in total. The normalized spacial score (nSPS) is 15.6. The van der Waals surface area contributed by atoms with Crippen LogP contribution >= 0.6 is 23.2 Å². The average molecular weight is 395 g/mol. The highest BCUT2D eigenvalue weighted by molar-refractivity contribution is 6.45. The molecule has 3 rings (SSSR count). The Kier molecular flexibility index (Phi) is 5.12. The summed E-state index contributed by atoms with van der Waals surface area (Å²) < 4.78 is 5.73. The van der Waals surface area contributed by atoms with Gasteiger partial charge in [0.2, 0.25) is 5.60 Å². The summed E-state index contributed by atoms with van der Waals surface area (Å²) in [6.45, 7) is 0. The highest BCUT2D eigenvalue weighted by Crippen LogP contribution is 2.41. The van der Waals surface area contributed by atoms with Gasteiger partial charge in [0.15, 0.2) is 5.78 Å². The van der Waals surface area contributed by atoms with Gasteiger partial charge in [0.05, 0.1) is 5.02 Å². The molecular formula is C19H16Cl2O5. The van der Waals surface area contributed by atoms with Crippen LogP contribution in [-0.2, 0) is 4.79 Å². The Morgan fingerprint density at radius 3 is 2.15 bits per heavy atom. The number of carboxylic acids is 1. The minimum absolute atomic E-state index is 0.000720. The molecule has 2 aromatic carbocycles. The lowest BCUT2D eigenvalue weighted by Gasteiger charge is -2.26. The average Bonchev–Trinajstić information content (AvgIpc) is 3.09. The van der Waals surface area contributed by atoms with Crippen molar-refractivity contribution < 1.29 is 24.5 Å². The minimum atomic E-state index is -1.31. The van der Waals surface area contributed by atoms with Crippen LogP contribution in [0.3, 0.4) is 0 Å².